The molecule has 1 fully saturated rings. The molecule has 1 aromatic carbocycles. The zero-order valence-electron chi connectivity index (χ0n) is 11.4. The van der Waals surface area contributed by atoms with Crippen molar-refractivity contribution < 1.29 is 5.11 Å². The summed E-state index contributed by atoms with van der Waals surface area (Å²) in [6, 6.07) is 6.69. The molecule has 0 spiro atoms. The lowest BCUT2D eigenvalue weighted by molar-refractivity contribution is 0.145. The zero-order valence-corrected chi connectivity index (χ0v) is 11.4. The third-order valence-corrected chi connectivity index (χ3v) is 3.65. The van der Waals surface area contributed by atoms with Gasteiger partial charge in [0.15, 0.2) is 0 Å². The quantitative estimate of drug-likeness (QED) is 0.856. The van der Waals surface area contributed by atoms with Crippen LogP contribution in [0.5, 0.6) is 0 Å². The van der Waals surface area contributed by atoms with Crippen LogP contribution < -0.4 is 10.2 Å². The van der Waals surface area contributed by atoms with Gasteiger partial charge >= 0.3 is 0 Å². The molecule has 1 aliphatic heterocycles. The maximum absolute atomic E-state index is 9.55. The maximum atomic E-state index is 9.55. The van der Waals surface area contributed by atoms with Crippen molar-refractivity contribution in [2.75, 3.05) is 24.5 Å². The standard InChI is InChI=1S/C15H24N2O/c1-3-16-11-13-4-5-15(12(2)10-13)17-8-6-14(18)7-9-17/h4-5,10,14,16,18H,3,6-9,11H2,1-2H3. The Bertz CT molecular complexity index is 384. The van der Waals surface area contributed by atoms with Crippen LogP contribution in [0.15, 0.2) is 18.2 Å². The molecule has 1 aromatic rings. The van der Waals surface area contributed by atoms with Gasteiger partial charge in [0.05, 0.1) is 6.10 Å². The highest BCUT2D eigenvalue weighted by molar-refractivity contribution is 5.54. The largest absolute Gasteiger partial charge is 0.393 e. The molecule has 1 saturated heterocycles. The van der Waals surface area contributed by atoms with E-state index in [0.29, 0.717) is 0 Å². The zero-order chi connectivity index (χ0) is 13.0. The fraction of sp³-hybridized carbons (Fsp3) is 0.600. The van der Waals surface area contributed by atoms with Gasteiger partial charge in [-0.1, -0.05) is 19.1 Å². The number of aryl methyl sites for hydroxylation is 1. The summed E-state index contributed by atoms with van der Waals surface area (Å²) in [4.78, 5) is 2.39. The average molecular weight is 248 g/mol. The van der Waals surface area contributed by atoms with Crippen molar-refractivity contribution >= 4 is 5.69 Å². The van der Waals surface area contributed by atoms with Gasteiger partial charge in [-0.15, -0.1) is 0 Å². The van der Waals surface area contributed by atoms with Gasteiger partial charge in [-0.25, -0.2) is 0 Å². The molecule has 3 nitrogen and oxygen atoms in total. The highest BCUT2D eigenvalue weighted by atomic mass is 16.3. The maximum Gasteiger partial charge on any atom is 0.0574 e. The van der Waals surface area contributed by atoms with Crippen LogP contribution in [0.1, 0.15) is 30.9 Å². The summed E-state index contributed by atoms with van der Waals surface area (Å²) in [6.07, 6.45) is 1.67. The van der Waals surface area contributed by atoms with Crippen LogP contribution >= 0.6 is 0 Å². The number of nitrogens with zero attached hydrogens (tertiary/aromatic N) is 1. The fourth-order valence-electron chi connectivity index (χ4n) is 2.56. The Hall–Kier alpha value is -1.06. The Morgan fingerprint density at radius 3 is 2.67 bits per heavy atom. The SMILES string of the molecule is CCNCc1ccc(N2CCC(O)CC2)c(C)c1. The van der Waals surface area contributed by atoms with Gasteiger partial charge in [-0.3, -0.25) is 0 Å². The van der Waals surface area contributed by atoms with Crippen molar-refractivity contribution in [1.82, 2.24) is 5.32 Å². The van der Waals surface area contributed by atoms with Crippen LogP contribution in [0, 0.1) is 6.92 Å². The van der Waals surface area contributed by atoms with Crippen molar-refractivity contribution in [3.05, 3.63) is 29.3 Å². The number of hydrogen-bond acceptors (Lipinski definition) is 3. The molecule has 1 aliphatic rings. The molecular formula is C15H24N2O. The Balaban J connectivity index is 2.05. The molecule has 0 amide bonds. The van der Waals surface area contributed by atoms with Crippen molar-refractivity contribution in [3.63, 3.8) is 0 Å². The van der Waals surface area contributed by atoms with Gasteiger partial charge in [-0.05, 0) is 43.5 Å². The number of aliphatic hydroxyl groups is 1. The minimum Gasteiger partial charge on any atom is -0.393 e. The fourth-order valence-corrected chi connectivity index (χ4v) is 2.56. The molecule has 0 aliphatic carbocycles. The van der Waals surface area contributed by atoms with E-state index in [0.717, 1.165) is 39.0 Å². The number of benzene rings is 1. The van der Waals surface area contributed by atoms with E-state index < -0.39 is 0 Å². The summed E-state index contributed by atoms with van der Waals surface area (Å²) < 4.78 is 0. The first kappa shape index (κ1) is 13.4. The van der Waals surface area contributed by atoms with E-state index in [4.69, 9.17) is 0 Å². The first-order chi connectivity index (χ1) is 8.70. The molecule has 0 saturated carbocycles. The van der Waals surface area contributed by atoms with Crippen molar-refractivity contribution in [1.29, 1.82) is 0 Å². The van der Waals surface area contributed by atoms with E-state index >= 15 is 0 Å². The predicted octanol–water partition coefficient (Wildman–Crippen LogP) is 2.07. The Kier molecular flexibility index (Phi) is 4.61. The van der Waals surface area contributed by atoms with Gasteiger partial charge < -0.3 is 15.3 Å². The van der Waals surface area contributed by atoms with Gasteiger partial charge in [0.25, 0.3) is 0 Å². The van der Waals surface area contributed by atoms with Crippen LogP contribution in [0.25, 0.3) is 0 Å². The van der Waals surface area contributed by atoms with E-state index in [9.17, 15) is 5.11 Å². The van der Waals surface area contributed by atoms with Crippen LogP contribution in [0.3, 0.4) is 0 Å². The number of nitrogens with one attached hydrogen (secondary N) is 1. The van der Waals surface area contributed by atoms with Crippen LogP contribution in [-0.4, -0.2) is 30.8 Å². The molecule has 100 valence electrons. The third-order valence-electron chi connectivity index (χ3n) is 3.65. The number of piperidine rings is 1. The summed E-state index contributed by atoms with van der Waals surface area (Å²) in [5.74, 6) is 0. The molecule has 1 heterocycles. The number of anilines is 1. The molecule has 3 heteroatoms. The van der Waals surface area contributed by atoms with E-state index in [1.54, 1.807) is 0 Å². The highest BCUT2D eigenvalue weighted by Gasteiger charge is 2.18. The van der Waals surface area contributed by atoms with Gasteiger partial charge in [0.2, 0.25) is 0 Å². The first-order valence-electron chi connectivity index (χ1n) is 6.94. The summed E-state index contributed by atoms with van der Waals surface area (Å²) in [5.41, 5.74) is 4.00. The van der Waals surface area contributed by atoms with Crippen molar-refractivity contribution in [2.45, 2.75) is 39.3 Å². The summed E-state index contributed by atoms with van der Waals surface area (Å²) >= 11 is 0. The van der Waals surface area contributed by atoms with Gasteiger partial charge in [0, 0.05) is 25.3 Å². The molecular weight excluding hydrogens is 224 g/mol. The molecule has 0 unspecified atom stereocenters. The van der Waals surface area contributed by atoms with Gasteiger partial charge in [0.1, 0.15) is 0 Å². The van der Waals surface area contributed by atoms with Crippen molar-refractivity contribution in [3.8, 4) is 0 Å². The molecule has 0 atom stereocenters. The highest BCUT2D eigenvalue weighted by Crippen LogP contribution is 2.24. The lowest BCUT2D eigenvalue weighted by atomic mass is 10.0. The Morgan fingerprint density at radius 1 is 1.33 bits per heavy atom. The molecule has 2 N–H and O–H groups in total. The van der Waals surface area contributed by atoms with Crippen LogP contribution in [0.4, 0.5) is 5.69 Å². The van der Waals surface area contributed by atoms with Gasteiger partial charge in [-0.2, -0.15) is 0 Å². The van der Waals surface area contributed by atoms with Crippen LogP contribution in [0.2, 0.25) is 0 Å². The number of rotatable bonds is 4. The van der Waals surface area contributed by atoms with E-state index in [1.807, 2.05) is 0 Å². The summed E-state index contributed by atoms with van der Waals surface area (Å²) in [6.45, 7) is 8.18. The second kappa shape index (κ2) is 6.21. The lowest BCUT2D eigenvalue weighted by Gasteiger charge is -2.32. The van der Waals surface area contributed by atoms with Crippen LogP contribution in [-0.2, 0) is 6.54 Å². The molecule has 0 radical (unpaired) electrons. The summed E-state index contributed by atoms with van der Waals surface area (Å²) in [5, 5.41) is 12.9. The first-order valence-corrected chi connectivity index (χ1v) is 6.94. The Labute approximate surface area is 110 Å². The topological polar surface area (TPSA) is 35.5 Å². The second-order valence-electron chi connectivity index (χ2n) is 5.12. The number of hydrogen-bond donors (Lipinski definition) is 2. The average Bonchev–Trinajstić information content (AvgIpc) is 2.38. The van der Waals surface area contributed by atoms with E-state index in [-0.39, 0.29) is 6.10 Å². The second-order valence-corrected chi connectivity index (χ2v) is 5.12. The van der Waals surface area contributed by atoms with Crippen molar-refractivity contribution in [2.24, 2.45) is 0 Å². The monoisotopic (exact) mass is 248 g/mol. The summed E-state index contributed by atoms with van der Waals surface area (Å²) in [7, 11) is 0. The third kappa shape index (κ3) is 3.24. The van der Waals surface area contributed by atoms with E-state index in [2.05, 4.69) is 42.3 Å². The Morgan fingerprint density at radius 2 is 2.06 bits per heavy atom. The number of aliphatic hydroxyl groups excluding tert-OH is 1. The smallest absolute Gasteiger partial charge is 0.0574 e. The molecule has 0 aromatic heterocycles. The molecule has 18 heavy (non-hydrogen) atoms. The molecule has 2 rings (SSSR count). The normalized spacial score (nSPS) is 17.2. The minimum atomic E-state index is -0.102. The minimum absolute atomic E-state index is 0.102. The molecule has 0 bridgehead atoms. The predicted molar refractivity (Wildman–Crippen MR) is 76.0 cm³/mol. The van der Waals surface area contributed by atoms with E-state index in [1.165, 1.54) is 16.8 Å². The lowest BCUT2D eigenvalue weighted by Crippen LogP contribution is -2.36.